The zero-order chi connectivity index (χ0) is 23.5. The van der Waals surface area contributed by atoms with E-state index in [1.807, 2.05) is 12.1 Å². The van der Waals surface area contributed by atoms with E-state index in [-0.39, 0.29) is 17.9 Å². The Kier molecular flexibility index (Phi) is 7.49. The Morgan fingerprint density at radius 2 is 1.88 bits per heavy atom. The second kappa shape index (κ2) is 9.94. The molecule has 170 valence electrons. The number of amides is 1. The molecule has 1 heterocycles. The summed E-state index contributed by atoms with van der Waals surface area (Å²) in [5, 5.41) is 14.5. The molecule has 0 bridgehead atoms. The molecule has 0 aliphatic heterocycles. The van der Waals surface area contributed by atoms with E-state index in [1.54, 1.807) is 51.2 Å². The predicted molar refractivity (Wildman–Crippen MR) is 128 cm³/mol. The van der Waals surface area contributed by atoms with Crippen molar-refractivity contribution in [3.8, 4) is 5.75 Å². The minimum Gasteiger partial charge on any atom is -0.484 e. The molecule has 0 saturated heterocycles. The summed E-state index contributed by atoms with van der Waals surface area (Å²) in [5.74, 6) is -0.478. The first-order valence-electron chi connectivity index (χ1n) is 10.3. The number of nitrogens with zero attached hydrogens (tertiary/aromatic N) is 1. The highest BCUT2D eigenvalue weighted by atomic mass is 35.5. The third-order valence-electron chi connectivity index (χ3n) is 4.97. The van der Waals surface area contributed by atoms with Crippen molar-refractivity contribution in [2.45, 2.75) is 32.3 Å². The molecular weight excluding hydrogens is 451 g/mol. The first-order valence-corrected chi connectivity index (χ1v) is 11.0. The number of para-hydroxylation sites is 1. The van der Waals surface area contributed by atoms with Crippen molar-refractivity contribution in [1.82, 2.24) is 9.88 Å². The van der Waals surface area contributed by atoms with Gasteiger partial charge in [-0.25, -0.2) is 0 Å². The summed E-state index contributed by atoms with van der Waals surface area (Å²) < 4.78 is 7.11. The van der Waals surface area contributed by atoms with Crippen LogP contribution in [0, 0.1) is 0 Å². The summed E-state index contributed by atoms with van der Waals surface area (Å²) in [7, 11) is 1.63. The Morgan fingerprint density at radius 3 is 2.56 bits per heavy atom. The minimum absolute atomic E-state index is 0.0738. The van der Waals surface area contributed by atoms with Crippen LogP contribution in [-0.4, -0.2) is 34.3 Å². The molecule has 8 heteroatoms. The highest BCUT2D eigenvalue weighted by molar-refractivity contribution is 6.42. The number of ether oxygens (including phenoxy) is 1. The van der Waals surface area contributed by atoms with E-state index >= 15 is 0 Å². The maximum absolute atomic E-state index is 13.1. The molecule has 2 N–H and O–H groups in total. The molecule has 1 aromatic heterocycles. The smallest absolute Gasteiger partial charge is 0.293 e. The van der Waals surface area contributed by atoms with Crippen LogP contribution in [0.1, 0.15) is 36.2 Å². The quantitative estimate of drug-likeness (QED) is 0.473. The van der Waals surface area contributed by atoms with E-state index in [2.05, 4.69) is 5.32 Å². The second-order valence-electron chi connectivity index (χ2n) is 8.29. The monoisotopic (exact) mass is 476 g/mol. The molecule has 3 rings (SSSR count). The van der Waals surface area contributed by atoms with Gasteiger partial charge in [-0.2, -0.15) is 0 Å². The number of hydrogen-bond donors (Lipinski definition) is 2. The van der Waals surface area contributed by atoms with Crippen molar-refractivity contribution in [1.29, 1.82) is 0 Å². The molecule has 32 heavy (non-hydrogen) atoms. The Bertz CT molecular complexity index is 1200. The second-order valence-corrected chi connectivity index (χ2v) is 9.11. The van der Waals surface area contributed by atoms with E-state index in [9.17, 15) is 14.7 Å². The normalized spacial score (nSPS) is 11.6. The first-order chi connectivity index (χ1) is 15.1. The standard InChI is InChI=1S/C24H26Cl2N2O4/c1-24(2,31)14-32-21-20(16-8-4-5-9-19(16)28(3)23(21)30)22(29)27-12-6-7-15-10-11-17(25)18(26)13-15/h4-5,8-11,13,31H,6-7,12,14H2,1-3H3,(H,27,29). The number of nitrogens with one attached hydrogen (secondary N) is 1. The van der Waals surface area contributed by atoms with Crippen molar-refractivity contribution in [3.63, 3.8) is 0 Å². The molecular formula is C24H26Cl2N2O4. The number of fused-ring (bicyclic) bond motifs is 1. The van der Waals surface area contributed by atoms with Gasteiger partial charge in [0.25, 0.3) is 11.5 Å². The molecule has 0 aliphatic rings. The maximum atomic E-state index is 13.1. The highest BCUT2D eigenvalue weighted by Gasteiger charge is 2.24. The van der Waals surface area contributed by atoms with Gasteiger partial charge < -0.3 is 19.7 Å². The van der Waals surface area contributed by atoms with Crippen molar-refractivity contribution >= 4 is 40.0 Å². The molecule has 0 radical (unpaired) electrons. The fourth-order valence-corrected chi connectivity index (χ4v) is 3.68. The van der Waals surface area contributed by atoms with Crippen LogP contribution in [0.3, 0.4) is 0 Å². The van der Waals surface area contributed by atoms with Gasteiger partial charge in [0.15, 0.2) is 5.75 Å². The van der Waals surface area contributed by atoms with E-state index in [4.69, 9.17) is 27.9 Å². The van der Waals surface area contributed by atoms with Crippen LogP contribution >= 0.6 is 23.2 Å². The average molecular weight is 477 g/mol. The molecule has 0 fully saturated rings. The lowest BCUT2D eigenvalue weighted by Crippen LogP contribution is -2.33. The van der Waals surface area contributed by atoms with Crippen LogP contribution in [0.15, 0.2) is 47.3 Å². The summed E-state index contributed by atoms with van der Waals surface area (Å²) >= 11 is 12.0. The zero-order valence-electron chi connectivity index (χ0n) is 18.2. The summed E-state index contributed by atoms with van der Waals surface area (Å²) in [6.07, 6.45) is 1.38. The van der Waals surface area contributed by atoms with E-state index < -0.39 is 17.1 Å². The molecule has 0 spiro atoms. The molecule has 2 aromatic carbocycles. The fraction of sp³-hybridized carbons (Fsp3) is 0.333. The third kappa shape index (κ3) is 5.63. The van der Waals surface area contributed by atoms with Crippen molar-refractivity contribution in [3.05, 3.63) is 74.0 Å². The van der Waals surface area contributed by atoms with Crippen LogP contribution in [0.25, 0.3) is 10.9 Å². The number of aliphatic hydroxyl groups is 1. The predicted octanol–water partition coefficient (Wildman–Crippen LogP) is 4.36. The van der Waals surface area contributed by atoms with Gasteiger partial charge in [-0.1, -0.05) is 47.5 Å². The van der Waals surface area contributed by atoms with E-state index in [0.29, 0.717) is 40.3 Å². The summed E-state index contributed by atoms with van der Waals surface area (Å²) in [5.41, 5.74) is 0.205. The third-order valence-corrected chi connectivity index (χ3v) is 5.71. The van der Waals surface area contributed by atoms with Gasteiger partial charge in [-0.3, -0.25) is 9.59 Å². The molecule has 3 aromatic rings. The molecule has 1 amide bonds. The summed E-state index contributed by atoms with van der Waals surface area (Å²) in [6.45, 7) is 3.41. The number of halogens is 2. The maximum Gasteiger partial charge on any atom is 0.293 e. The zero-order valence-corrected chi connectivity index (χ0v) is 19.8. The number of aryl methyl sites for hydroxylation is 2. The summed E-state index contributed by atoms with van der Waals surface area (Å²) in [4.78, 5) is 26.1. The first kappa shape index (κ1) is 24.1. The average Bonchev–Trinajstić information content (AvgIpc) is 2.74. The van der Waals surface area contributed by atoms with Crippen LogP contribution < -0.4 is 15.6 Å². The lowest BCUT2D eigenvalue weighted by Gasteiger charge is -2.20. The fourth-order valence-electron chi connectivity index (χ4n) is 3.35. The Labute approximate surface area is 196 Å². The largest absolute Gasteiger partial charge is 0.484 e. The molecule has 0 aliphatic carbocycles. The van der Waals surface area contributed by atoms with Gasteiger partial charge in [-0.05, 0) is 50.5 Å². The number of carbonyl (C=O) groups excluding carboxylic acids is 1. The molecule has 0 saturated carbocycles. The van der Waals surface area contributed by atoms with Crippen LogP contribution in [0.2, 0.25) is 10.0 Å². The van der Waals surface area contributed by atoms with Crippen LogP contribution in [0.5, 0.6) is 5.75 Å². The summed E-state index contributed by atoms with van der Waals surface area (Å²) in [6, 6.07) is 12.6. The minimum atomic E-state index is -1.16. The number of benzene rings is 2. The Morgan fingerprint density at radius 1 is 1.16 bits per heavy atom. The molecule has 0 atom stereocenters. The van der Waals surface area contributed by atoms with Crippen molar-refractivity contribution in [2.24, 2.45) is 7.05 Å². The van der Waals surface area contributed by atoms with Gasteiger partial charge in [0.05, 0.1) is 26.7 Å². The number of aromatic nitrogens is 1. The molecule has 0 unspecified atom stereocenters. The molecule has 6 nitrogen and oxygen atoms in total. The van der Waals surface area contributed by atoms with Gasteiger partial charge in [-0.15, -0.1) is 0 Å². The Balaban J connectivity index is 1.83. The van der Waals surface area contributed by atoms with Gasteiger partial charge in [0.1, 0.15) is 6.61 Å². The number of carbonyl (C=O) groups is 1. The van der Waals surface area contributed by atoms with Gasteiger partial charge >= 0.3 is 0 Å². The van der Waals surface area contributed by atoms with Gasteiger partial charge in [0, 0.05) is 19.0 Å². The van der Waals surface area contributed by atoms with Crippen LogP contribution in [0.4, 0.5) is 0 Å². The van der Waals surface area contributed by atoms with Crippen LogP contribution in [-0.2, 0) is 13.5 Å². The SMILES string of the molecule is Cn1c(=O)c(OCC(C)(C)O)c(C(=O)NCCCc2ccc(Cl)c(Cl)c2)c2ccccc21. The van der Waals surface area contributed by atoms with Crippen molar-refractivity contribution in [2.75, 3.05) is 13.2 Å². The van der Waals surface area contributed by atoms with E-state index in [1.165, 1.54) is 4.57 Å². The lowest BCUT2D eigenvalue weighted by molar-refractivity contribution is 0.0274. The Hall–Kier alpha value is -2.54. The number of pyridine rings is 1. The lowest BCUT2D eigenvalue weighted by atomic mass is 10.1. The topological polar surface area (TPSA) is 80.6 Å². The highest BCUT2D eigenvalue weighted by Crippen LogP contribution is 2.26. The van der Waals surface area contributed by atoms with Gasteiger partial charge in [0.2, 0.25) is 0 Å². The van der Waals surface area contributed by atoms with Crippen molar-refractivity contribution < 1.29 is 14.6 Å². The number of hydrogen-bond acceptors (Lipinski definition) is 4. The van der Waals surface area contributed by atoms with E-state index in [0.717, 1.165) is 5.56 Å². The number of rotatable bonds is 8.